The molecule has 2 rings (SSSR count). The van der Waals surface area contributed by atoms with Gasteiger partial charge in [0.15, 0.2) is 0 Å². The van der Waals surface area contributed by atoms with Crippen LogP contribution in [0.4, 0.5) is 10.1 Å². The van der Waals surface area contributed by atoms with Crippen LogP contribution in [0.5, 0.6) is 0 Å². The highest BCUT2D eigenvalue weighted by atomic mass is 35.5. The minimum absolute atomic E-state index is 0.0365. The van der Waals surface area contributed by atoms with Gasteiger partial charge in [0.1, 0.15) is 5.82 Å². The molecule has 0 spiro atoms. The van der Waals surface area contributed by atoms with Crippen LogP contribution in [0.2, 0.25) is 5.02 Å². The fourth-order valence-electron chi connectivity index (χ4n) is 1.85. The molecule has 2 nitrogen and oxygen atoms in total. The number of benzene rings is 1. The number of anilines is 1. The molecule has 0 radical (unpaired) electrons. The lowest BCUT2D eigenvalue weighted by Crippen LogP contribution is -2.09. The summed E-state index contributed by atoms with van der Waals surface area (Å²) in [6.45, 7) is 5.96. The van der Waals surface area contributed by atoms with Gasteiger partial charge in [-0.15, -0.1) is 11.3 Å². The van der Waals surface area contributed by atoms with Gasteiger partial charge in [0.25, 0.3) is 0 Å². The van der Waals surface area contributed by atoms with Crippen LogP contribution in [0, 0.1) is 19.7 Å². The molecular weight excluding hydrogens is 271 g/mol. The van der Waals surface area contributed by atoms with Crippen molar-refractivity contribution in [3.05, 3.63) is 44.6 Å². The van der Waals surface area contributed by atoms with Crippen LogP contribution in [-0.2, 0) is 0 Å². The fraction of sp³-hybridized carbons (Fsp3) is 0.308. The van der Waals surface area contributed by atoms with Gasteiger partial charge in [-0.25, -0.2) is 9.37 Å². The lowest BCUT2D eigenvalue weighted by molar-refractivity contribution is 0.627. The summed E-state index contributed by atoms with van der Waals surface area (Å²) < 4.78 is 13.7. The maximum atomic E-state index is 13.7. The van der Waals surface area contributed by atoms with Gasteiger partial charge in [0, 0.05) is 9.90 Å². The van der Waals surface area contributed by atoms with Crippen LogP contribution in [0.25, 0.3) is 0 Å². The molecule has 0 bridgehead atoms. The molecule has 1 N–H and O–H groups in total. The zero-order valence-corrected chi connectivity index (χ0v) is 12.0. The van der Waals surface area contributed by atoms with E-state index in [1.165, 1.54) is 6.07 Å². The highest BCUT2D eigenvalue weighted by Crippen LogP contribution is 2.27. The van der Waals surface area contributed by atoms with Crippen molar-refractivity contribution in [1.82, 2.24) is 4.98 Å². The Hall–Kier alpha value is -1.13. The molecule has 0 saturated carbocycles. The van der Waals surface area contributed by atoms with Crippen molar-refractivity contribution >= 4 is 28.6 Å². The van der Waals surface area contributed by atoms with E-state index < -0.39 is 0 Å². The average molecular weight is 285 g/mol. The van der Waals surface area contributed by atoms with Crippen LogP contribution < -0.4 is 5.32 Å². The van der Waals surface area contributed by atoms with Crippen molar-refractivity contribution in [2.75, 3.05) is 5.32 Å². The molecule has 0 amide bonds. The number of rotatable bonds is 3. The topological polar surface area (TPSA) is 24.9 Å². The van der Waals surface area contributed by atoms with Gasteiger partial charge in [-0.3, -0.25) is 0 Å². The van der Waals surface area contributed by atoms with E-state index in [-0.39, 0.29) is 11.9 Å². The summed E-state index contributed by atoms with van der Waals surface area (Å²) >= 11 is 7.37. The van der Waals surface area contributed by atoms with E-state index in [4.69, 9.17) is 11.6 Å². The first-order valence-electron chi connectivity index (χ1n) is 5.63. The standard InChI is InChI=1S/C13H14ClFN2S/c1-7(13-8(2)18-9(3)17-13)16-12-5-4-10(14)6-11(12)15/h4-7,16H,1-3H3. The summed E-state index contributed by atoms with van der Waals surface area (Å²) in [6.07, 6.45) is 0. The van der Waals surface area contributed by atoms with Gasteiger partial charge in [0.05, 0.1) is 22.4 Å². The van der Waals surface area contributed by atoms with Crippen LogP contribution in [0.1, 0.15) is 28.5 Å². The second kappa shape index (κ2) is 5.24. The molecule has 0 saturated heterocycles. The number of hydrogen-bond donors (Lipinski definition) is 1. The highest BCUT2D eigenvalue weighted by Gasteiger charge is 2.14. The predicted molar refractivity (Wildman–Crippen MR) is 75.0 cm³/mol. The summed E-state index contributed by atoms with van der Waals surface area (Å²) in [7, 11) is 0. The van der Waals surface area contributed by atoms with Crippen LogP contribution in [0.3, 0.4) is 0 Å². The highest BCUT2D eigenvalue weighted by molar-refractivity contribution is 7.11. The summed E-state index contributed by atoms with van der Waals surface area (Å²) in [5.41, 5.74) is 1.41. The Labute approximate surface area is 115 Å². The number of aromatic nitrogens is 1. The first-order chi connectivity index (χ1) is 8.47. The molecule has 0 fully saturated rings. The maximum absolute atomic E-state index is 13.7. The molecule has 1 aromatic heterocycles. The minimum Gasteiger partial charge on any atom is -0.375 e. The number of nitrogens with one attached hydrogen (secondary N) is 1. The van der Waals surface area contributed by atoms with Gasteiger partial charge >= 0.3 is 0 Å². The van der Waals surface area contributed by atoms with Crippen molar-refractivity contribution in [3.63, 3.8) is 0 Å². The summed E-state index contributed by atoms with van der Waals surface area (Å²) in [5.74, 6) is -0.348. The Kier molecular flexibility index (Phi) is 3.88. The van der Waals surface area contributed by atoms with E-state index in [0.717, 1.165) is 15.6 Å². The average Bonchev–Trinajstić information content (AvgIpc) is 2.62. The summed E-state index contributed by atoms with van der Waals surface area (Å²) in [6, 6.07) is 4.57. The van der Waals surface area contributed by atoms with Crippen molar-refractivity contribution in [2.45, 2.75) is 26.8 Å². The lowest BCUT2D eigenvalue weighted by Gasteiger charge is -2.15. The van der Waals surface area contributed by atoms with Crippen LogP contribution in [-0.4, -0.2) is 4.98 Å². The van der Waals surface area contributed by atoms with Gasteiger partial charge in [-0.05, 0) is 39.0 Å². The minimum atomic E-state index is -0.348. The Morgan fingerprint density at radius 2 is 2.11 bits per heavy atom. The van der Waals surface area contributed by atoms with Crippen molar-refractivity contribution in [3.8, 4) is 0 Å². The van der Waals surface area contributed by atoms with E-state index in [9.17, 15) is 4.39 Å². The van der Waals surface area contributed by atoms with Crippen molar-refractivity contribution in [1.29, 1.82) is 0 Å². The Balaban J connectivity index is 2.21. The molecule has 0 aliphatic heterocycles. The first-order valence-corrected chi connectivity index (χ1v) is 6.82. The zero-order chi connectivity index (χ0) is 13.3. The Bertz CT molecular complexity index is 568. The Morgan fingerprint density at radius 1 is 1.39 bits per heavy atom. The third kappa shape index (κ3) is 2.82. The zero-order valence-electron chi connectivity index (χ0n) is 10.4. The number of aryl methyl sites for hydroxylation is 2. The van der Waals surface area contributed by atoms with Gasteiger partial charge in [-0.1, -0.05) is 11.6 Å². The van der Waals surface area contributed by atoms with Crippen LogP contribution >= 0.6 is 22.9 Å². The first kappa shape index (κ1) is 13.3. The molecule has 1 heterocycles. The van der Waals surface area contributed by atoms with E-state index in [1.54, 1.807) is 23.5 Å². The van der Waals surface area contributed by atoms with Gasteiger partial charge in [-0.2, -0.15) is 0 Å². The van der Waals surface area contributed by atoms with E-state index in [1.807, 2.05) is 20.8 Å². The second-order valence-corrected chi connectivity index (χ2v) is 6.01. The predicted octanol–water partition coefficient (Wildman–Crippen LogP) is 4.73. The maximum Gasteiger partial charge on any atom is 0.147 e. The molecule has 1 unspecified atom stereocenters. The monoisotopic (exact) mass is 284 g/mol. The number of nitrogens with zero attached hydrogens (tertiary/aromatic N) is 1. The molecule has 96 valence electrons. The van der Waals surface area contributed by atoms with E-state index in [0.29, 0.717) is 10.7 Å². The Morgan fingerprint density at radius 3 is 2.67 bits per heavy atom. The number of halogens is 2. The molecular formula is C13H14ClFN2S. The second-order valence-electron chi connectivity index (χ2n) is 4.16. The number of thiazole rings is 1. The van der Waals surface area contributed by atoms with Gasteiger partial charge < -0.3 is 5.32 Å². The summed E-state index contributed by atoms with van der Waals surface area (Å²) in [5, 5.41) is 4.53. The fourth-order valence-corrected chi connectivity index (χ4v) is 2.93. The van der Waals surface area contributed by atoms with Crippen molar-refractivity contribution < 1.29 is 4.39 Å². The van der Waals surface area contributed by atoms with Crippen LogP contribution in [0.15, 0.2) is 18.2 Å². The third-order valence-electron chi connectivity index (χ3n) is 2.65. The quantitative estimate of drug-likeness (QED) is 0.882. The molecule has 1 aromatic carbocycles. The third-order valence-corrected chi connectivity index (χ3v) is 3.79. The molecule has 18 heavy (non-hydrogen) atoms. The SMILES string of the molecule is Cc1nc(C(C)Nc2ccc(Cl)cc2F)c(C)s1. The van der Waals surface area contributed by atoms with Gasteiger partial charge in [0.2, 0.25) is 0 Å². The molecule has 0 aliphatic rings. The largest absolute Gasteiger partial charge is 0.375 e. The molecule has 0 aliphatic carbocycles. The molecule has 5 heteroatoms. The lowest BCUT2D eigenvalue weighted by atomic mass is 10.2. The van der Waals surface area contributed by atoms with Crippen molar-refractivity contribution in [2.24, 2.45) is 0 Å². The summed E-state index contributed by atoms with van der Waals surface area (Å²) in [4.78, 5) is 5.62. The smallest absolute Gasteiger partial charge is 0.147 e. The normalized spacial score (nSPS) is 12.5. The number of hydrogen-bond acceptors (Lipinski definition) is 3. The van der Waals surface area contributed by atoms with E-state index in [2.05, 4.69) is 10.3 Å². The molecule has 2 aromatic rings. The van der Waals surface area contributed by atoms with E-state index >= 15 is 0 Å². The molecule has 1 atom stereocenters.